The molecule has 0 saturated carbocycles. The van der Waals surface area contributed by atoms with E-state index >= 15 is 0 Å². The van der Waals surface area contributed by atoms with Crippen LogP contribution in [0.2, 0.25) is 10.0 Å². The third-order valence-electron chi connectivity index (χ3n) is 3.51. The molecule has 3 nitrogen and oxygen atoms in total. The van der Waals surface area contributed by atoms with Crippen LogP contribution in [0, 0.1) is 6.92 Å². The van der Waals surface area contributed by atoms with Gasteiger partial charge in [0.15, 0.2) is 4.80 Å². The minimum absolute atomic E-state index is 0.294. The topological polar surface area (TPSA) is 34.4 Å². The van der Waals surface area contributed by atoms with Crippen molar-refractivity contribution in [1.82, 2.24) is 4.57 Å². The Hall–Kier alpha value is -1.88. The largest absolute Gasteiger partial charge is 0.312 e. The van der Waals surface area contributed by atoms with Gasteiger partial charge in [0.1, 0.15) is 0 Å². The van der Waals surface area contributed by atoms with Crippen molar-refractivity contribution in [1.29, 1.82) is 0 Å². The van der Waals surface area contributed by atoms with Crippen molar-refractivity contribution in [3.8, 4) is 0 Å². The summed E-state index contributed by atoms with van der Waals surface area (Å²) in [7, 11) is 0. The SMILES string of the molecule is C=CCn1c(=NC(=O)c2cc(Cl)ccc2Cl)sc2cc(C)ccc21. The van der Waals surface area contributed by atoms with Gasteiger partial charge in [-0.25, -0.2) is 0 Å². The van der Waals surface area contributed by atoms with Gasteiger partial charge in [0.25, 0.3) is 5.91 Å². The van der Waals surface area contributed by atoms with Crippen LogP contribution in [0.15, 0.2) is 54.0 Å². The smallest absolute Gasteiger partial charge is 0.281 e. The second-order valence-electron chi connectivity index (χ2n) is 5.30. The van der Waals surface area contributed by atoms with E-state index in [1.165, 1.54) is 17.4 Å². The molecule has 0 aliphatic heterocycles. The standard InChI is InChI=1S/C18H14Cl2N2OS/c1-3-8-22-15-7-4-11(2)9-16(15)24-18(22)21-17(23)13-10-12(19)5-6-14(13)20/h3-7,9-10H,1,8H2,2H3. The van der Waals surface area contributed by atoms with Crippen LogP contribution in [0.3, 0.4) is 0 Å². The first-order valence-electron chi connectivity index (χ1n) is 7.24. The van der Waals surface area contributed by atoms with Crippen molar-refractivity contribution in [3.63, 3.8) is 0 Å². The fourth-order valence-corrected chi connectivity index (χ4v) is 3.89. The number of rotatable bonds is 3. The van der Waals surface area contributed by atoms with Gasteiger partial charge in [-0.3, -0.25) is 4.79 Å². The van der Waals surface area contributed by atoms with Crippen molar-refractivity contribution >= 4 is 50.7 Å². The summed E-state index contributed by atoms with van der Waals surface area (Å²) in [5.74, 6) is -0.413. The molecule has 0 aliphatic rings. The molecule has 2 aromatic carbocycles. The molecule has 6 heteroatoms. The third kappa shape index (κ3) is 3.31. The summed E-state index contributed by atoms with van der Waals surface area (Å²) in [6.07, 6.45) is 1.78. The molecule has 1 heterocycles. The zero-order chi connectivity index (χ0) is 17.3. The Morgan fingerprint density at radius 2 is 2.08 bits per heavy atom. The average Bonchev–Trinajstić information content (AvgIpc) is 2.86. The molecule has 1 amide bonds. The second kappa shape index (κ2) is 6.93. The Labute approximate surface area is 153 Å². The lowest BCUT2D eigenvalue weighted by molar-refractivity contribution is 0.0998. The minimum Gasteiger partial charge on any atom is -0.312 e. The molecule has 24 heavy (non-hydrogen) atoms. The van der Waals surface area contributed by atoms with Crippen LogP contribution in [0.1, 0.15) is 15.9 Å². The molecule has 3 aromatic rings. The maximum absolute atomic E-state index is 12.5. The number of fused-ring (bicyclic) bond motifs is 1. The van der Waals surface area contributed by atoms with E-state index in [1.807, 2.05) is 23.6 Å². The summed E-state index contributed by atoms with van der Waals surface area (Å²) in [6.45, 7) is 6.38. The normalized spacial score (nSPS) is 11.9. The fraction of sp³-hybridized carbons (Fsp3) is 0.111. The monoisotopic (exact) mass is 376 g/mol. The van der Waals surface area contributed by atoms with Crippen molar-refractivity contribution in [2.24, 2.45) is 4.99 Å². The summed E-state index contributed by atoms with van der Waals surface area (Å²) in [6, 6.07) is 10.9. The molecular formula is C18H14Cl2N2OS. The first-order chi connectivity index (χ1) is 11.5. The molecule has 0 bridgehead atoms. The molecule has 0 fully saturated rings. The highest BCUT2D eigenvalue weighted by Crippen LogP contribution is 2.22. The van der Waals surface area contributed by atoms with Crippen LogP contribution < -0.4 is 4.80 Å². The highest BCUT2D eigenvalue weighted by atomic mass is 35.5. The van der Waals surface area contributed by atoms with Crippen LogP contribution in [0.4, 0.5) is 0 Å². The van der Waals surface area contributed by atoms with Crippen molar-refractivity contribution in [3.05, 3.63) is 75.0 Å². The number of carbonyl (C=O) groups excluding carboxylic acids is 1. The molecule has 3 rings (SSSR count). The highest BCUT2D eigenvalue weighted by molar-refractivity contribution is 7.16. The van der Waals surface area contributed by atoms with Gasteiger partial charge in [-0.05, 0) is 42.8 Å². The number of aryl methyl sites for hydroxylation is 1. The van der Waals surface area contributed by atoms with Gasteiger partial charge in [0.2, 0.25) is 0 Å². The van der Waals surface area contributed by atoms with Crippen LogP contribution in [-0.4, -0.2) is 10.5 Å². The summed E-state index contributed by atoms with van der Waals surface area (Å²) in [4.78, 5) is 17.4. The quantitative estimate of drug-likeness (QED) is 0.575. The minimum atomic E-state index is -0.413. The van der Waals surface area contributed by atoms with Gasteiger partial charge in [-0.1, -0.05) is 46.7 Å². The summed E-state index contributed by atoms with van der Waals surface area (Å²) in [5, 5.41) is 0.782. The molecule has 0 atom stereocenters. The van der Waals surface area contributed by atoms with Crippen LogP contribution in [0.25, 0.3) is 10.2 Å². The van der Waals surface area contributed by atoms with E-state index in [-0.39, 0.29) is 0 Å². The number of hydrogen-bond donors (Lipinski definition) is 0. The van der Waals surface area contributed by atoms with Crippen LogP contribution in [0.5, 0.6) is 0 Å². The summed E-state index contributed by atoms with van der Waals surface area (Å²) < 4.78 is 3.03. The Kier molecular flexibility index (Phi) is 4.90. The van der Waals surface area contributed by atoms with E-state index in [9.17, 15) is 4.79 Å². The van der Waals surface area contributed by atoms with Gasteiger partial charge >= 0.3 is 0 Å². The van der Waals surface area contributed by atoms with Crippen LogP contribution >= 0.6 is 34.5 Å². The Morgan fingerprint density at radius 1 is 1.29 bits per heavy atom. The van der Waals surface area contributed by atoms with E-state index in [1.54, 1.807) is 18.2 Å². The molecule has 0 unspecified atom stereocenters. The molecule has 122 valence electrons. The summed E-state index contributed by atoms with van der Waals surface area (Å²) >= 11 is 13.5. The molecule has 0 radical (unpaired) electrons. The average molecular weight is 377 g/mol. The Balaban J connectivity index is 2.18. The lowest BCUT2D eigenvalue weighted by atomic mass is 10.2. The van der Waals surface area contributed by atoms with Crippen molar-refractivity contribution in [2.45, 2.75) is 13.5 Å². The van der Waals surface area contributed by atoms with E-state index in [2.05, 4.69) is 17.6 Å². The van der Waals surface area contributed by atoms with Crippen molar-refractivity contribution in [2.75, 3.05) is 0 Å². The van der Waals surface area contributed by atoms with Crippen LogP contribution in [-0.2, 0) is 6.54 Å². The predicted octanol–water partition coefficient (Wildman–Crippen LogP) is 5.25. The Bertz CT molecular complexity index is 1020. The van der Waals surface area contributed by atoms with E-state index in [4.69, 9.17) is 23.2 Å². The second-order valence-corrected chi connectivity index (χ2v) is 7.15. The number of nitrogens with zero attached hydrogens (tertiary/aromatic N) is 2. The number of halogens is 2. The van der Waals surface area contributed by atoms with Gasteiger partial charge < -0.3 is 4.57 Å². The number of aromatic nitrogens is 1. The number of allylic oxidation sites excluding steroid dienone is 1. The number of carbonyl (C=O) groups is 1. The lowest BCUT2D eigenvalue weighted by Gasteiger charge is -2.02. The fourth-order valence-electron chi connectivity index (χ4n) is 2.38. The predicted molar refractivity (Wildman–Crippen MR) is 101 cm³/mol. The number of amides is 1. The molecule has 0 spiro atoms. The first-order valence-corrected chi connectivity index (χ1v) is 8.82. The third-order valence-corrected chi connectivity index (χ3v) is 5.11. The van der Waals surface area contributed by atoms with E-state index in [0.717, 1.165) is 15.8 Å². The van der Waals surface area contributed by atoms with Gasteiger partial charge in [-0.2, -0.15) is 4.99 Å². The number of hydrogen-bond acceptors (Lipinski definition) is 2. The van der Waals surface area contributed by atoms with E-state index in [0.29, 0.717) is 27.0 Å². The molecule has 1 aromatic heterocycles. The maximum Gasteiger partial charge on any atom is 0.281 e. The molecule has 0 N–H and O–H groups in total. The molecule has 0 saturated heterocycles. The first kappa shape index (κ1) is 17.0. The lowest BCUT2D eigenvalue weighted by Crippen LogP contribution is -2.16. The zero-order valence-corrected chi connectivity index (χ0v) is 15.3. The number of benzene rings is 2. The summed E-state index contributed by atoms with van der Waals surface area (Å²) in [5.41, 5.74) is 2.47. The zero-order valence-electron chi connectivity index (χ0n) is 12.9. The van der Waals surface area contributed by atoms with Crippen molar-refractivity contribution < 1.29 is 4.79 Å². The van der Waals surface area contributed by atoms with Gasteiger partial charge in [-0.15, -0.1) is 6.58 Å². The van der Waals surface area contributed by atoms with E-state index < -0.39 is 5.91 Å². The van der Waals surface area contributed by atoms with Gasteiger partial charge in [0.05, 0.1) is 20.8 Å². The molecule has 0 aliphatic carbocycles. The van der Waals surface area contributed by atoms with Gasteiger partial charge in [0, 0.05) is 11.6 Å². The molecular weight excluding hydrogens is 363 g/mol. The highest BCUT2D eigenvalue weighted by Gasteiger charge is 2.12. The Morgan fingerprint density at radius 3 is 2.83 bits per heavy atom. The number of thiazole rings is 1. The maximum atomic E-state index is 12.5.